The fourth-order valence-corrected chi connectivity index (χ4v) is 2.53. The van der Waals surface area contributed by atoms with Gasteiger partial charge in [0.2, 0.25) is 0 Å². The number of hydrogen-bond donors (Lipinski definition) is 2. The molecule has 0 aliphatic heterocycles. The summed E-state index contributed by atoms with van der Waals surface area (Å²) in [4.78, 5) is 1.25. The Bertz CT molecular complexity index is 286. The van der Waals surface area contributed by atoms with E-state index >= 15 is 0 Å². The monoisotopic (exact) mass is 246 g/mol. The van der Waals surface area contributed by atoms with E-state index in [1.165, 1.54) is 10.4 Å². The van der Waals surface area contributed by atoms with Gasteiger partial charge in [-0.05, 0) is 43.9 Å². The van der Waals surface area contributed by atoms with Crippen molar-refractivity contribution in [1.29, 1.82) is 0 Å². The van der Waals surface area contributed by atoms with Crippen LogP contribution in [0.25, 0.3) is 0 Å². The molecule has 86 valence electrons. The first-order valence-electron chi connectivity index (χ1n) is 5.39. The molecule has 0 aromatic carbocycles. The van der Waals surface area contributed by atoms with Crippen LogP contribution < -0.4 is 10.6 Å². The van der Waals surface area contributed by atoms with Crippen LogP contribution in [0.5, 0.6) is 0 Å². The Balaban J connectivity index is 2.12. The van der Waals surface area contributed by atoms with Gasteiger partial charge in [-0.1, -0.05) is 18.5 Å². The summed E-state index contributed by atoms with van der Waals surface area (Å²) >= 11 is 7.86. The van der Waals surface area contributed by atoms with Crippen molar-refractivity contribution in [3.8, 4) is 0 Å². The van der Waals surface area contributed by atoms with Crippen LogP contribution in [0.2, 0.25) is 5.02 Å². The van der Waals surface area contributed by atoms with Gasteiger partial charge >= 0.3 is 0 Å². The molecule has 0 radical (unpaired) electrons. The van der Waals surface area contributed by atoms with Gasteiger partial charge in [-0.2, -0.15) is 0 Å². The van der Waals surface area contributed by atoms with Gasteiger partial charge in [0.15, 0.2) is 0 Å². The molecule has 0 spiro atoms. The molecule has 0 saturated heterocycles. The zero-order chi connectivity index (χ0) is 11.1. The number of rotatable bonds is 7. The van der Waals surface area contributed by atoms with E-state index in [0.717, 1.165) is 37.6 Å². The molecule has 4 heteroatoms. The highest BCUT2D eigenvalue weighted by molar-refractivity contribution is 7.10. The highest BCUT2D eigenvalue weighted by Crippen LogP contribution is 2.26. The normalized spacial score (nSPS) is 10.9. The Morgan fingerprint density at radius 1 is 1.33 bits per heavy atom. The molecule has 0 fully saturated rings. The van der Waals surface area contributed by atoms with E-state index in [0.29, 0.717) is 0 Å². The standard InChI is InChI=1S/C11H19ClN2S/c1-3-13-5-4-6-14-7-10-11(12)9(2)8-15-10/h8,13-14H,3-7H2,1-2H3. The molecule has 0 aliphatic rings. The third-order valence-electron chi connectivity index (χ3n) is 2.21. The summed E-state index contributed by atoms with van der Waals surface area (Å²) in [6.07, 6.45) is 1.16. The molecule has 1 heterocycles. The lowest BCUT2D eigenvalue weighted by Crippen LogP contribution is -2.21. The van der Waals surface area contributed by atoms with Crippen LogP contribution in [0.4, 0.5) is 0 Å². The van der Waals surface area contributed by atoms with E-state index in [9.17, 15) is 0 Å². The van der Waals surface area contributed by atoms with Gasteiger partial charge in [-0.15, -0.1) is 11.3 Å². The summed E-state index contributed by atoms with van der Waals surface area (Å²) in [6.45, 7) is 8.25. The van der Waals surface area contributed by atoms with Crippen LogP contribution in [0.3, 0.4) is 0 Å². The van der Waals surface area contributed by atoms with Crippen molar-refractivity contribution in [3.05, 3.63) is 20.8 Å². The molecule has 15 heavy (non-hydrogen) atoms. The molecular formula is C11H19ClN2S. The second-order valence-corrected chi connectivity index (χ2v) is 4.88. The Hall–Kier alpha value is -0.0900. The summed E-state index contributed by atoms with van der Waals surface area (Å²) in [7, 11) is 0. The molecule has 0 amide bonds. The first-order valence-corrected chi connectivity index (χ1v) is 6.65. The van der Waals surface area contributed by atoms with Crippen molar-refractivity contribution >= 4 is 22.9 Å². The molecular weight excluding hydrogens is 228 g/mol. The highest BCUT2D eigenvalue weighted by Gasteiger charge is 2.04. The van der Waals surface area contributed by atoms with Crippen molar-refractivity contribution in [2.24, 2.45) is 0 Å². The molecule has 2 nitrogen and oxygen atoms in total. The van der Waals surface area contributed by atoms with Crippen LogP contribution in [0, 0.1) is 6.92 Å². The minimum absolute atomic E-state index is 0.892. The molecule has 2 N–H and O–H groups in total. The van der Waals surface area contributed by atoms with Crippen molar-refractivity contribution < 1.29 is 0 Å². The Morgan fingerprint density at radius 3 is 2.67 bits per heavy atom. The average molecular weight is 247 g/mol. The van der Waals surface area contributed by atoms with Crippen LogP contribution in [0.1, 0.15) is 23.8 Å². The van der Waals surface area contributed by atoms with Crippen molar-refractivity contribution in [1.82, 2.24) is 10.6 Å². The van der Waals surface area contributed by atoms with E-state index in [1.54, 1.807) is 11.3 Å². The lowest BCUT2D eigenvalue weighted by molar-refractivity contribution is 0.609. The second-order valence-electron chi connectivity index (χ2n) is 3.54. The van der Waals surface area contributed by atoms with Gasteiger partial charge in [0.05, 0.1) is 5.02 Å². The van der Waals surface area contributed by atoms with E-state index < -0.39 is 0 Å². The molecule has 0 bridgehead atoms. The van der Waals surface area contributed by atoms with E-state index in [-0.39, 0.29) is 0 Å². The quantitative estimate of drug-likeness (QED) is 0.723. The minimum atomic E-state index is 0.892. The SMILES string of the molecule is CCNCCCNCc1scc(C)c1Cl. The van der Waals surface area contributed by atoms with Crippen molar-refractivity contribution in [3.63, 3.8) is 0 Å². The number of nitrogens with one attached hydrogen (secondary N) is 2. The predicted molar refractivity (Wildman–Crippen MR) is 68.9 cm³/mol. The third kappa shape index (κ3) is 4.51. The summed E-state index contributed by atoms with van der Waals surface area (Å²) in [5.41, 5.74) is 1.19. The van der Waals surface area contributed by atoms with Crippen molar-refractivity contribution in [2.45, 2.75) is 26.8 Å². The largest absolute Gasteiger partial charge is 0.317 e. The minimum Gasteiger partial charge on any atom is -0.317 e. The first-order chi connectivity index (χ1) is 7.25. The lowest BCUT2D eigenvalue weighted by atomic mass is 10.3. The molecule has 0 atom stereocenters. The molecule has 1 aromatic heterocycles. The van der Waals surface area contributed by atoms with Gasteiger partial charge in [0, 0.05) is 11.4 Å². The Morgan fingerprint density at radius 2 is 2.07 bits per heavy atom. The molecule has 1 aromatic rings. The van der Waals surface area contributed by atoms with Gasteiger partial charge in [-0.25, -0.2) is 0 Å². The zero-order valence-corrected chi connectivity index (χ0v) is 11.0. The Labute approximate surface area is 101 Å². The third-order valence-corrected chi connectivity index (χ3v) is 3.95. The van der Waals surface area contributed by atoms with Gasteiger partial charge in [-0.3, -0.25) is 0 Å². The topological polar surface area (TPSA) is 24.1 Å². The molecule has 1 rings (SSSR count). The van der Waals surface area contributed by atoms with E-state index in [4.69, 9.17) is 11.6 Å². The lowest BCUT2D eigenvalue weighted by Gasteiger charge is -2.04. The fraction of sp³-hybridized carbons (Fsp3) is 0.636. The Kier molecular flexibility index (Phi) is 6.25. The average Bonchev–Trinajstić information content (AvgIpc) is 2.54. The number of halogens is 1. The molecule has 0 aliphatic carbocycles. The van der Waals surface area contributed by atoms with Gasteiger partial charge in [0.1, 0.15) is 0 Å². The smallest absolute Gasteiger partial charge is 0.0587 e. The summed E-state index contributed by atoms with van der Waals surface area (Å²) < 4.78 is 0. The summed E-state index contributed by atoms with van der Waals surface area (Å²) in [5, 5.41) is 9.74. The number of aryl methyl sites for hydroxylation is 1. The predicted octanol–water partition coefficient (Wildman–Crippen LogP) is 2.80. The summed E-state index contributed by atoms with van der Waals surface area (Å²) in [5.74, 6) is 0. The van der Waals surface area contributed by atoms with Gasteiger partial charge < -0.3 is 10.6 Å². The van der Waals surface area contributed by atoms with E-state index in [2.05, 4.69) is 22.9 Å². The van der Waals surface area contributed by atoms with Crippen LogP contribution in [-0.4, -0.2) is 19.6 Å². The molecule has 0 unspecified atom stereocenters. The first kappa shape index (κ1) is 13.0. The van der Waals surface area contributed by atoms with Crippen molar-refractivity contribution in [2.75, 3.05) is 19.6 Å². The number of hydrogen-bond acceptors (Lipinski definition) is 3. The van der Waals surface area contributed by atoms with Crippen LogP contribution >= 0.6 is 22.9 Å². The second kappa shape index (κ2) is 7.23. The number of thiophene rings is 1. The zero-order valence-electron chi connectivity index (χ0n) is 9.40. The van der Waals surface area contributed by atoms with Gasteiger partial charge in [0.25, 0.3) is 0 Å². The maximum atomic E-state index is 6.13. The van der Waals surface area contributed by atoms with E-state index in [1.807, 2.05) is 6.92 Å². The fourth-order valence-electron chi connectivity index (χ4n) is 1.32. The maximum absolute atomic E-state index is 6.13. The maximum Gasteiger partial charge on any atom is 0.0587 e. The molecule has 0 saturated carbocycles. The highest BCUT2D eigenvalue weighted by atomic mass is 35.5. The summed E-state index contributed by atoms with van der Waals surface area (Å²) in [6, 6.07) is 0. The van der Waals surface area contributed by atoms with Crippen LogP contribution in [-0.2, 0) is 6.54 Å². The van der Waals surface area contributed by atoms with Crippen LogP contribution in [0.15, 0.2) is 5.38 Å².